The molecule has 5 nitrogen and oxygen atoms in total. The van der Waals surface area contributed by atoms with Crippen molar-refractivity contribution in [2.45, 2.75) is 26.2 Å². The van der Waals surface area contributed by atoms with Gasteiger partial charge in [-0.05, 0) is 19.8 Å². The van der Waals surface area contributed by atoms with Gasteiger partial charge in [0.05, 0.1) is 18.4 Å². The second-order valence-corrected chi connectivity index (χ2v) is 4.29. The molecule has 0 spiro atoms. The van der Waals surface area contributed by atoms with Crippen LogP contribution >= 0.6 is 0 Å². The molecule has 0 atom stereocenters. The zero-order valence-electron chi connectivity index (χ0n) is 9.86. The first kappa shape index (κ1) is 13.0. The molecule has 0 heterocycles. The van der Waals surface area contributed by atoms with Crippen LogP contribution in [-0.4, -0.2) is 48.7 Å². The fourth-order valence-corrected chi connectivity index (χ4v) is 1.64. The number of nitrogens with zero attached hydrogens (tertiary/aromatic N) is 1. The van der Waals surface area contributed by atoms with Gasteiger partial charge in [-0.2, -0.15) is 0 Å². The molecule has 1 rings (SSSR count). The SMILES string of the molecule is CCOCC1(C(=O)N(C)CCC(=O)O)CC1. The molecule has 0 saturated heterocycles. The first-order chi connectivity index (χ1) is 7.52. The second-order valence-electron chi connectivity index (χ2n) is 4.29. The zero-order valence-corrected chi connectivity index (χ0v) is 9.86. The van der Waals surface area contributed by atoms with E-state index in [2.05, 4.69) is 0 Å². The summed E-state index contributed by atoms with van der Waals surface area (Å²) in [6.45, 7) is 3.23. The van der Waals surface area contributed by atoms with Crippen molar-refractivity contribution in [1.82, 2.24) is 4.90 Å². The molecule has 16 heavy (non-hydrogen) atoms. The molecule has 0 radical (unpaired) electrons. The Kier molecular flexibility index (Phi) is 4.29. The van der Waals surface area contributed by atoms with E-state index in [9.17, 15) is 9.59 Å². The summed E-state index contributed by atoms with van der Waals surface area (Å²) in [5, 5.41) is 8.54. The Morgan fingerprint density at radius 2 is 2.06 bits per heavy atom. The van der Waals surface area contributed by atoms with Crippen LogP contribution in [0.5, 0.6) is 0 Å². The van der Waals surface area contributed by atoms with Gasteiger partial charge in [0.25, 0.3) is 0 Å². The van der Waals surface area contributed by atoms with Gasteiger partial charge in [0, 0.05) is 20.2 Å². The molecule has 1 aliphatic carbocycles. The lowest BCUT2D eigenvalue weighted by Gasteiger charge is -2.22. The van der Waals surface area contributed by atoms with Crippen molar-refractivity contribution < 1.29 is 19.4 Å². The summed E-state index contributed by atoms with van der Waals surface area (Å²) in [5.74, 6) is -0.864. The minimum absolute atomic E-state index is 0.00699. The Balaban J connectivity index is 2.40. The first-order valence-corrected chi connectivity index (χ1v) is 5.57. The largest absolute Gasteiger partial charge is 0.481 e. The maximum atomic E-state index is 12.0. The van der Waals surface area contributed by atoms with E-state index >= 15 is 0 Å². The molecule has 0 aromatic carbocycles. The highest BCUT2D eigenvalue weighted by Gasteiger charge is 2.51. The van der Waals surface area contributed by atoms with Crippen LogP contribution in [-0.2, 0) is 14.3 Å². The smallest absolute Gasteiger partial charge is 0.305 e. The Morgan fingerprint density at radius 1 is 1.44 bits per heavy atom. The number of carbonyl (C=O) groups is 2. The molecule has 1 fully saturated rings. The van der Waals surface area contributed by atoms with Crippen LogP contribution in [0, 0.1) is 5.41 Å². The Bertz CT molecular complexity index is 273. The van der Waals surface area contributed by atoms with Gasteiger partial charge < -0.3 is 14.7 Å². The van der Waals surface area contributed by atoms with E-state index in [-0.39, 0.29) is 24.3 Å². The highest BCUT2D eigenvalue weighted by atomic mass is 16.5. The van der Waals surface area contributed by atoms with Crippen molar-refractivity contribution in [3.8, 4) is 0 Å². The number of hydrogen-bond donors (Lipinski definition) is 1. The van der Waals surface area contributed by atoms with Gasteiger partial charge in [0.15, 0.2) is 0 Å². The van der Waals surface area contributed by atoms with Gasteiger partial charge in [-0.25, -0.2) is 0 Å². The van der Waals surface area contributed by atoms with Crippen LogP contribution < -0.4 is 0 Å². The zero-order chi connectivity index (χ0) is 12.2. The Morgan fingerprint density at radius 3 is 2.50 bits per heavy atom. The van der Waals surface area contributed by atoms with Crippen molar-refractivity contribution >= 4 is 11.9 Å². The molecule has 0 bridgehead atoms. The Labute approximate surface area is 95.4 Å². The van der Waals surface area contributed by atoms with E-state index in [4.69, 9.17) is 9.84 Å². The van der Waals surface area contributed by atoms with Crippen molar-refractivity contribution in [2.75, 3.05) is 26.8 Å². The van der Waals surface area contributed by atoms with Crippen LogP contribution in [0.2, 0.25) is 0 Å². The van der Waals surface area contributed by atoms with E-state index in [0.29, 0.717) is 13.2 Å². The minimum atomic E-state index is -0.880. The normalized spacial score (nSPS) is 16.9. The van der Waals surface area contributed by atoms with Crippen LogP contribution in [0.3, 0.4) is 0 Å². The maximum Gasteiger partial charge on any atom is 0.305 e. The quantitative estimate of drug-likeness (QED) is 0.699. The van der Waals surface area contributed by atoms with Gasteiger partial charge in [-0.3, -0.25) is 9.59 Å². The van der Waals surface area contributed by atoms with E-state index in [0.717, 1.165) is 12.8 Å². The van der Waals surface area contributed by atoms with Crippen LogP contribution in [0.25, 0.3) is 0 Å². The van der Waals surface area contributed by atoms with Gasteiger partial charge in [0.1, 0.15) is 0 Å². The first-order valence-electron chi connectivity index (χ1n) is 5.57. The van der Waals surface area contributed by atoms with Crippen LogP contribution in [0.15, 0.2) is 0 Å². The number of hydrogen-bond acceptors (Lipinski definition) is 3. The number of carbonyl (C=O) groups excluding carboxylic acids is 1. The highest BCUT2D eigenvalue weighted by molar-refractivity contribution is 5.85. The molecular formula is C11H19NO4. The number of amides is 1. The molecular weight excluding hydrogens is 210 g/mol. The summed E-state index contributed by atoms with van der Waals surface area (Å²) in [6, 6.07) is 0. The number of carboxylic acids is 1. The minimum Gasteiger partial charge on any atom is -0.481 e. The van der Waals surface area contributed by atoms with Gasteiger partial charge in [-0.1, -0.05) is 0 Å². The third-order valence-electron chi connectivity index (χ3n) is 2.90. The molecule has 0 aromatic heterocycles. The van der Waals surface area contributed by atoms with Gasteiger partial charge in [-0.15, -0.1) is 0 Å². The number of carboxylic acid groups (broad SMARTS) is 1. The van der Waals surface area contributed by atoms with Gasteiger partial charge >= 0.3 is 5.97 Å². The fourth-order valence-electron chi connectivity index (χ4n) is 1.64. The standard InChI is InChI=1S/C11H19NO4/c1-3-16-8-11(5-6-11)10(15)12(2)7-4-9(13)14/h3-8H2,1-2H3,(H,13,14). The number of rotatable bonds is 7. The summed E-state index contributed by atoms with van der Waals surface area (Å²) in [4.78, 5) is 23.9. The molecule has 1 amide bonds. The van der Waals surface area contributed by atoms with Crippen LogP contribution in [0.4, 0.5) is 0 Å². The second kappa shape index (κ2) is 5.30. The number of aliphatic carboxylic acids is 1. The summed E-state index contributed by atoms with van der Waals surface area (Å²) < 4.78 is 5.29. The molecule has 92 valence electrons. The molecule has 1 N–H and O–H groups in total. The monoisotopic (exact) mass is 229 g/mol. The van der Waals surface area contributed by atoms with Crippen molar-refractivity contribution in [3.05, 3.63) is 0 Å². The van der Waals surface area contributed by atoms with Crippen LogP contribution in [0.1, 0.15) is 26.2 Å². The average Bonchev–Trinajstić information content (AvgIpc) is 3.03. The molecule has 1 aliphatic rings. The number of ether oxygens (including phenoxy) is 1. The van der Waals surface area contributed by atoms with E-state index in [1.807, 2.05) is 6.92 Å². The topological polar surface area (TPSA) is 66.8 Å². The molecule has 0 aliphatic heterocycles. The Hall–Kier alpha value is -1.10. The summed E-state index contributed by atoms with van der Waals surface area (Å²) in [7, 11) is 1.65. The van der Waals surface area contributed by atoms with Crippen molar-refractivity contribution in [2.24, 2.45) is 5.41 Å². The lowest BCUT2D eigenvalue weighted by atomic mass is 10.1. The van der Waals surface area contributed by atoms with E-state index in [1.165, 1.54) is 4.90 Å². The maximum absolute atomic E-state index is 12.0. The summed E-state index contributed by atoms with van der Waals surface area (Å²) >= 11 is 0. The van der Waals surface area contributed by atoms with Gasteiger partial charge in [0.2, 0.25) is 5.91 Å². The molecule has 0 aromatic rings. The predicted molar refractivity (Wildman–Crippen MR) is 58.0 cm³/mol. The highest BCUT2D eigenvalue weighted by Crippen LogP contribution is 2.47. The third-order valence-corrected chi connectivity index (χ3v) is 2.90. The lowest BCUT2D eigenvalue weighted by molar-refractivity contribution is -0.140. The van der Waals surface area contributed by atoms with E-state index < -0.39 is 5.97 Å². The molecule has 0 unspecified atom stereocenters. The summed E-state index contributed by atoms with van der Waals surface area (Å²) in [6.07, 6.45) is 1.69. The third kappa shape index (κ3) is 3.20. The van der Waals surface area contributed by atoms with E-state index in [1.54, 1.807) is 7.05 Å². The molecule has 1 saturated carbocycles. The van der Waals surface area contributed by atoms with Crippen molar-refractivity contribution in [1.29, 1.82) is 0 Å². The van der Waals surface area contributed by atoms with Crippen molar-refractivity contribution in [3.63, 3.8) is 0 Å². The lowest BCUT2D eigenvalue weighted by Crippen LogP contribution is -2.37. The fraction of sp³-hybridized carbons (Fsp3) is 0.818. The average molecular weight is 229 g/mol. The predicted octanol–water partition coefficient (Wildman–Crippen LogP) is 0.736. The summed E-state index contributed by atoms with van der Waals surface area (Å²) in [5.41, 5.74) is -0.358. The molecule has 5 heteroatoms.